The van der Waals surface area contributed by atoms with Gasteiger partial charge in [0.2, 0.25) is 5.91 Å². The predicted octanol–water partition coefficient (Wildman–Crippen LogP) is 4.52. The molecule has 0 spiro atoms. The summed E-state index contributed by atoms with van der Waals surface area (Å²) in [6.45, 7) is 0. The number of fused-ring (bicyclic) bond motifs is 1. The van der Waals surface area contributed by atoms with E-state index in [4.69, 9.17) is 5.73 Å². The van der Waals surface area contributed by atoms with Crippen molar-refractivity contribution in [1.29, 1.82) is 0 Å². The molecule has 8 nitrogen and oxygen atoms in total. The van der Waals surface area contributed by atoms with Gasteiger partial charge in [-0.25, -0.2) is 0 Å². The number of pyridine rings is 1. The third-order valence-corrected chi connectivity index (χ3v) is 5.61. The molecule has 2 aromatic heterocycles. The Labute approximate surface area is 201 Å². The topological polar surface area (TPSA) is 126 Å². The number of carbonyl (C=O) groups is 2. The first-order valence-electron chi connectivity index (χ1n) is 11.0. The van der Waals surface area contributed by atoms with E-state index in [1.807, 2.05) is 60.7 Å². The maximum absolute atomic E-state index is 12.6. The fraction of sp³-hybridized carbons (Fsp3) is 0.0370. The molecule has 3 aromatic carbocycles. The Kier molecular flexibility index (Phi) is 6.02. The van der Waals surface area contributed by atoms with Crippen molar-refractivity contribution in [2.75, 3.05) is 10.6 Å². The summed E-state index contributed by atoms with van der Waals surface area (Å²) < 4.78 is 0. The van der Waals surface area contributed by atoms with Crippen LogP contribution in [0, 0.1) is 0 Å². The zero-order valence-electron chi connectivity index (χ0n) is 18.6. The van der Waals surface area contributed by atoms with Crippen LogP contribution in [0.25, 0.3) is 22.0 Å². The van der Waals surface area contributed by atoms with E-state index in [1.165, 1.54) is 0 Å². The lowest BCUT2D eigenvalue weighted by Gasteiger charge is -2.13. The van der Waals surface area contributed by atoms with Gasteiger partial charge < -0.3 is 16.4 Å². The number of hydrogen-bond donors (Lipinski definition) is 4. The number of nitrogens with zero attached hydrogens (tertiary/aromatic N) is 2. The van der Waals surface area contributed by atoms with Gasteiger partial charge in [0, 0.05) is 22.7 Å². The molecular formula is C27H22N6O2. The zero-order chi connectivity index (χ0) is 24.2. The van der Waals surface area contributed by atoms with Crippen LogP contribution < -0.4 is 16.4 Å². The number of rotatable bonds is 6. The molecule has 0 bridgehead atoms. The maximum Gasteiger partial charge on any atom is 0.256 e. The molecule has 0 aliphatic heterocycles. The number of H-pyrrole nitrogens is 1. The SMILES string of the molecule is N[C@@H](C(=O)Nc1cncc(-c2ccc3[nH]nc(NC(=O)c4ccccc4)c3c2)c1)c1ccccc1. The van der Waals surface area contributed by atoms with Crippen molar-refractivity contribution >= 4 is 34.2 Å². The summed E-state index contributed by atoms with van der Waals surface area (Å²) in [5.74, 6) is -0.140. The molecule has 35 heavy (non-hydrogen) atoms. The van der Waals surface area contributed by atoms with Crippen molar-refractivity contribution in [2.45, 2.75) is 6.04 Å². The van der Waals surface area contributed by atoms with E-state index in [2.05, 4.69) is 25.8 Å². The van der Waals surface area contributed by atoms with Gasteiger partial charge in [0.1, 0.15) is 6.04 Å². The molecule has 5 aromatic rings. The summed E-state index contributed by atoms with van der Waals surface area (Å²) in [5, 5.41) is 13.6. The van der Waals surface area contributed by atoms with Crippen molar-refractivity contribution in [3.63, 3.8) is 0 Å². The highest BCUT2D eigenvalue weighted by molar-refractivity contribution is 6.08. The van der Waals surface area contributed by atoms with Crippen LogP contribution in [0.1, 0.15) is 22.0 Å². The van der Waals surface area contributed by atoms with Crippen molar-refractivity contribution in [1.82, 2.24) is 15.2 Å². The number of carbonyl (C=O) groups excluding carboxylic acids is 2. The molecule has 5 rings (SSSR count). The average molecular weight is 463 g/mol. The van der Waals surface area contributed by atoms with Crippen LogP contribution in [0.4, 0.5) is 11.5 Å². The minimum absolute atomic E-state index is 0.245. The summed E-state index contributed by atoms with van der Waals surface area (Å²) in [7, 11) is 0. The van der Waals surface area contributed by atoms with E-state index in [-0.39, 0.29) is 11.8 Å². The number of nitrogens with two attached hydrogens (primary N) is 1. The van der Waals surface area contributed by atoms with Gasteiger partial charge in [0.25, 0.3) is 5.91 Å². The Balaban J connectivity index is 1.38. The van der Waals surface area contributed by atoms with Gasteiger partial charge in [-0.05, 0) is 41.5 Å². The summed E-state index contributed by atoms with van der Waals surface area (Å²) in [5.41, 5.74) is 10.3. The Morgan fingerprint density at radius 2 is 1.57 bits per heavy atom. The molecule has 172 valence electrons. The number of nitrogens with one attached hydrogen (secondary N) is 3. The summed E-state index contributed by atoms with van der Waals surface area (Å²) in [4.78, 5) is 29.5. The molecular weight excluding hydrogens is 440 g/mol. The minimum atomic E-state index is -0.794. The van der Waals surface area contributed by atoms with Gasteiger partial charge in [-0.1, -0.05) is 54.6 Å². The van der Waals surface area contributed by atoms with E-state index in [9.17, 15) is 9.59 Å². The van der Waals surface area contributed by atoms with Crippen molar-refractivity contribution in [3.8, 4) is 11.1 Å². The quantitative estimate of drug-likeness (QED) is 0.295. The van der Waals surface area contributed by atoms with Crippen LogP contribution >= 0.6 is 0 Å². The first-order valence-corrected chi connectivity index (χ1v) is 11.0. The predicted molar refractivity (Wildman–Crippen MR) is 136 cm³/mol. The van der Waals surface area contributed by atoms with Gasteiger partial charge in [-0.15, -0.1) is 0 Å². The largest absolute Gasteiger partial charge is 0.323 e. The molecule has 0 saturated carbocycles. The third kappa shape index (κ3) is 4.78. The monoisotopic (exact) mass is 462 g/mol. The molecule has 0 aliphatic carbocycles. The van der Waals surface area contributed by atoms with Crippen LogP contribution in [0.15, 0.2) is 97.3 Å². The van der Waals surface area contributed by atoms with Crippen LogP contribution in [-0.4, -0.2) is 27.0 Å². The Bertz CT molecular complexity index is 1500. The van der Waals surface area contributed by atoms with E-state index < -0.39 is 6.04 Å². The standard InChI is InChI=1S/C27H22N6O2/c28-24(17-7-3-1-4-8-17)27(35)30-21-13-20(15-29-16-21)19-11-12-23-22(14-19)25(33-32-23)31-26(34)18-9-5-2-6-10-18/h1-16,24H,28H2,(H,30,35)(H2,31,32,33,34)/t24-/m1/s1. The lowest BCUT2D eigenvalue weighted by atomic mass is 10.0. The maximum atomic E-state index is 12.6. The molecule has 8 heteroatoms. The van der Waals surface area contributed by atoms with Crippen LogP contribution in [0.5, 0.6) is 0 Å². The van der Waals surface area contributed by atoms with Crippen molar-refractivity contribution in [3.05, 3.63) is 108 Å². The molecule has 1 atom stereocenters. The number of aromatic nitrogens is 3. The van der Waals surface area contributed by atoms with Crippen LogP contribution in [0.2, 0.25) is 0 Å². The number of hydrogen-bond acceptors (Lipinski definition) is 5. The van der Waals surface area contributed by atoms with Crippen molar-refractivity contribution < 1.29 is 9.59 Å². The molecule has 2 amide bonds. The van der Waals surface area contributed by atoms with E-state index in [0.29, 0.717) is 17.1 Å². The van der Waals surface area contributed by atoms with Crippen molar-refractivity contribution in [2.24, 2.45) is 5.73 Å². The summed E-state index contributed by atoms with van der Waals surface area (Å²) in [6, 6.07) is 24.9. The molecule has 0 fully saturated rings. The first-order chi connectivity index (χ1) is 17.1. The fourth-order valence-electron chi connectivity index (χ4n) is 3.76. The van der Waals surface area contributed by atoms with E-state index in [0.717, 1.165) is 27.6 Å². The molecule has 0 aliphatic rings. The van der Waals surface area contributed by atoms with Gasteiger partial charge in [0.05, 0.1) is 17.4 Å². The van der Waals surface area contributed by atoms with Gasteiger partial charge in [-0.3, -0.25) is 19.7 Å². The van der Waals surface area contributed by atoms with Gasteiger partial charge in [0.15, 0.2) is 5.82 Å². The normalized spacial score (nSPS) is 11.7. The number of aromatic amines is 1. The Morgan fingerprint density at radius 1 is 0.829 bits per heavy atom. The molecule has 5 N–H and O–H groups in total. The summed E-state index contributed by atoms with van der Waals surface area (Å²) >= 11 is 0. The zero-order valence-corrected chi connectivity index (χ0v) is 18.6. The molecule has 0 saturated heterocycles. The highest BCUT2D eigenvalue weighted by atomic mass is 16.2. The fourth-order valence-corrected chi connectivity index (χ4v) is 3.76. The second kappa shape index (κ2) is 9.58. The summed E-state index contributed by atoms with van der Waals surface area (Å²) in [6.07, 6.45) is 3.28. The first kappa shape index (κ1) is 22.0. The Morgan fingerprint density at radius 3 is 2.34 bits per heavy atom. The highest BCUT2D eigenvalue weighted by Crippen LogP contribution is 2.29. The average Bonchev–Trinajstić information content (AvgIpc) is 3.31. The van der Waals surface area contributed by atoms with Crippen LogP contribution in [-0.2, 0) is 4.79 Å². The lowest BCUT2D eigenvalue weighted by molar-refractivity contribution is -0.117. The molecule has 0 radical (unpaired) electrons. The number of amides is 2. The van der Waals surface area contributed by atoms with Gasteiger partial charge >= 0.3 is 0 Å². The van der Waals surface area contributed by atoms with Crippen LogP contribution in [0.3, 0.4) is 0 Å². The second-order valence-electron chi connectivity index (χ2n) is 7.99. The number of anilines is 2. The smallest absolute Gasteiger partial charge is 0.256 e. The Hall–Kier alpha value is -4.82. The second-order valence-corrected chi connectivity index (χ2v) is 7.99. The highest BCUT2D eigenvalue weighted by Gasteiger charge is 2.16. The lowest BCUT2D eigenvalue weighted by Crippen LogP contribution is -2.27. The number of benzene rings is 3. The molecule has 0 unspecified atom stereocenters. The minimum Gasteiger partial charge on any atom is -0.323 e. The van der Waals surface area contributed by atoms with E-state index in [1.54, 1.807) is 36.7 Å². The molecule has 2 heterocycles. The van der Waals surface area contributed by atoms with E-state index >= 15 is 0 Å². The van der Waals surface area contributed by atoms with Gasteiger partial charge in [-0.2, -0.15) is 5.10 Å². The third-order valence-electron chi connectivity index (χ3n) is 5.61.